The third kappa shape index (κ3) is 9.59. The van der Waals surface area contributed by atoms with Gasteiger partial charge in [0.1, 0.15) is 0 Å². The molecule has 0 saturated heterocycles. The molecule has 0 heterocycles. The molecule has 0 radical (unpaired) electrons. The van der Waals surface area contributed by atoms with Crippen LogP contribution in [0, 0.1) is 0 Å². The van der Waals surface area contributed by atoms with E-state index in [1.165, 1.54) is 0 Å². The summed E-state index contributed by atoms with van der Waals surface area (Å²) < 4.78 is 0. The van der Waals surface area contributed by atoms with Crippen LogP contribution in [0.3, 0.4) is 0 Å². The first-order chi connectivity index (χ1) is 0. The minimum atomic E-state index is 0. The number of hydrogen-bond donors (Lipinski definition) is 0. The van der Waals surface area contributed by atoms with Crippen LogP contribution >= 0.6 is 46.8 Å². The Kier molecular flexibility index (Phi) is 282. The summed E-state index contributed by atoms with van der Waals surface area (Å²) in [6.07, 6.45) is 0. The van der Waals surface area contributed by atoms with Crippen LogP contribution < -0.4 is 0 Å². The third-order valence-corrected chi connectivity index (χ3v) is 0. The summed E-state index contributed by atoms with van der Waals surface area (Å²) in [5.41, 5.74) is 0. The van der Waals surface area contributed by atoms with Gasteiger partial charge in [-0.15, -0.1) is 0 Å². The average molecular weight is 136 g/mol. The van der Waals surface area contributed by atoms with Crippen molar-refractivity contribution >= 4 is 46.8 Å². The predicted octanol–water partition coefficient (Wildman–Crippen LogP) is 0.342. The molecule has 4 heavy (non-hydrogen) atoms. The number of hydrogen-bond acceptors (Lipinski definition) is 0. The molecular weight excluding hydrogens is 126 g/mol. The standard InChI is InChI=1S/2H3P.2H2S/h2*1H3;2*1H2. The summed E-state index contributed by atoms with van der Waals surface area (Å²) in [5.74, 6) is 0. The van der Waals surface area contributed by atoms with E-state index in [1.807, 2.05) is 0 Å². The van der Waals surface area contributed by atoms with Gasteiger partial charge in [-0.1, -0.05) is 0 Å². The second kappa shape index (κ2) is 23.7. The fourth-order valence-electron chi connectivity index (χ4n) is 0. The molecule has 32 valence electrons. The fraction of sp³-hybridized carbons (Fsp3) is 0. The largest absolute Gasteiger partial charge is 0.197 e. The van der Waals surface area contributed by atoms with Crippen molar-refractivity contribution in [2.24, 2.45) is 0 Å². The van der Waals surface area contributed by atoms with E-state index in [-0.39, 0.29) is 46.8 Å². The molecule has 0 spiro atoms. The first kappa shape index (κ1) is 47.5. The molecule has 0 amide bonds. The molecule has 2 unspecified atom stereocenters. The molecule has 0 aromatic carbocycles. The highest BCUT2D eigenvalue weighted by molar-refractivity contribution is 7.59. The van der Waals surface area contributed by atoms with Crippen LogP contribution in [-0.2, 0) is 0 Å². The zero-order valence-electron chi connectivity index (χ0n) is 2.41. The maximum absolute atomic E-state index is 0. The Morgan fingerprint density at radius 1 is 0.500 bits per heavy atom. The first-order valence-electron chi connectivity index (χ1n) is 0. The van der Waals surface area contributed by atoms with E-state index in [0.717, 1.165) is 0 Å². The monoisotopic (exact) mass is 136 g/mol. The summed E-state index contributed by atoms with van der Waals surface area (Å²) in [4.78, 5) is 0. The van der Waals surface area contributed by atoms with Crippen LogP contribution in [0.25, 0.3) is 0 Å². The van der Waals surface area contributed by atoms with Gasteiger partial charge in [0.05, 0.1) is 0 Å². The van der Waals surface area contributed by atoms with Crippen LogP contribution in [0.15, 0.2) is 0 Å². The molecule has 0 aromatic heterocycles. The smallest absolute Gasteiger partial charge is 0.153 e. The van der Waals surface area contributed by atoms with Crippen LogP contribution in [0.2, 0.25) is 0 Å². The molecule has 2 atom stereocenters. The molecule has 0 rings (SSSR count). The lowest BCUT2D eigenvalue weighted by Crippen LogP contribution is 0.647. The molecule has 0 fully saturated rings. The molecule has 0 aliphatic heterocycles. The normalized spacial score (nSPS) is 0. The van der Waals surface area contributed by atoms with E-state index < -0.39 is 0 Å². The second-order valence-electron chi connectivity index (χ2n) is 0. The van der Waals surface area contributed by atoms with Gasteiger partial charge in [-0.05, 0) is 0 Å². The van der Waals surface area contributed by atoms with E-state index >= 15 is 0 Å². The molecular formula is H10P2S2. The Morgan fingerprint density at radius 3 is 0.500 bits per heavy atom. The predicted molar refractivity (Wildman–Crippen MR) is 43.0 cm³/mol. The lowest BCUT2D eigenvalue weighted by molar-refractivity contribution is 6.92. The van der Waals surface area contributed by atoms with Crippen molar-refractivity contribution in [3.05, 3.63) is 0 Å². The molecule has 0 bridgehead atoms. The van der Waals surface area contributed by atoms with Crippen LogP contribution in [-0.4, -0.2) is 0 Å². The van der Waals surface area contributed by atoms with Gasteiger partial charge in [0.25, 0.3) is 0 Å². The minimum absolute atomic E-state index is 0. The summed E-state index contributed by atoms with van der Waals surface area (Å²) in [5, 5.41) is 0. The van der Waals surface area contributed by atoms with E-state index in [9.17, 15) is 0 Å². The van der Waals surface area contributed by atoms with Crippen molar-refractivity contribution in [3.63, 3.8) is 0 Å². The quantitative estimate of drug-likeness (QED) is 0.421. The Bertz CT molecular complexity index is 4.00. The number of rotatable bonds is 0. The van der Waals surface area contributed by atoms with Gasteiger partial charge < -0.3 is 0 Å². The van der Waals surface area contributed by atoms with Gasteiger partial charge in [0.2, 0.25) is 0 Å². The summed E-state index contributed by atoms with van der Waals surface area (Å²) in [7, 11) is 0. The van der Waals surface area contributed by atoms with E-state index in [1.54, 1.807) is 0 Å². The Labute approximate surface area is 47.3 Å². The van der Waals surface area contributed by atoms with E-state index in [4.69, 9.17) is 0 Å². The zero-order chi connectivity index (χ0) is 0. The summed E-state index contributed by atoms with van der Waals surface area (Å²) >= 11 is 0. The molecule has 0 N–H and O–H groups in total. The fourth-order valence-corrected chi connectivity index (χ4v) is 0. The highest BCUT2D eigenvalue weighted by Crippen LogP contribution is 0.862. The molecule has 0 nitrogen and oxygen atoms in total. The minimum Gasteiger partial charge on any atom is -0.197 e. The maximum Gasteiger partial charge on any atom is -0.153 e. The second-order valence-corrected chi connectivity index (χ2v) is 0. The molecule has 0 aliphatic rings. The Morgan fingerprint density at radius 2 is 0.500 bits per heavy atom. The Balaban J connectivity index is 0. The third-order valence-electron chi connectivity index (χ3n) is 0. The SMILES string of the molecule is P.P.S.S. The van der Waals surface area contributed by atoms with Crippen molar-refractivity contribution in [1.82, 2.24) is 0 Å². The summed E-state index contributed by atoms with van der Waals surface area (Å²) in [6.45, 7) is 0. The topological polar surface area (TPSA) is 0 Å². The van der Waals surface area contributed by atoms with Crippen molar-refractivity contribution in [3.8, 4) is 0 Å². The van der Waals surface area contributed by atoms with Crippen LogP contribution in [0.4, 0.5) is 0 Å². The highest BCUT2D eigenvalue weighted by Gasteiger charge is -0.152. The highest BCUT2D eigenvalue weighted by atomic mass is 32.1. The first-order valence-corrected chi connectivity index (χ1v) is 0. The van der Waals surface area contributed by atoms with Gasteiger partial charge in [-0.2, -0.15) is 46.8 Å². The van der Waals surface area contributed by atoms with Gasteiger partial charge in [0, 0.05) is 0 Å². The van der Waals surface area contributed by atoms with E-state index in [2.05, 4.69) is 0 Å². The molecule has 0 saturated carbocycles. The van der Waals surface area contributed by atoms with Gasteiger partial charge in [-0.3, -0.25) is 0 Å². The molecule has 4 heteroatoms. The van der Waals surface area contributed by atoms with Crippen molar-refractivity contribution in [1.29, 1.82) is 0 Å². The lowest BCUT2D eigenvalue weighted by atomic mass is 31.0. The van der Waals surface area contributed by atoms with Gasteiger partial charge in [-0.25, -0.2) is 0 Å². The molecule has 0 aromatic rings. The van der Waals surface area contributed by atoms with Crippen molar-refractivity contribution in [2.45, 2.75) is 0 Å². The van der Waals surface area contributed by atoms with Crippen molar-refractivity contribution in [2.75, 3.05) is 0 Å². The summed E-state index contributed by atoms with van der Waals surface area (Å²) in [6, 6.07) is 0. The van der Waals surface area contributed by atoms with E-state index in [0.29, 0.717) is 0 Å². The van der Waals surface area contributed by atoms with Gasteiger partial charge in [0.15, 0.2) is 0 Å². The van der Waals surface area contributed by atoms with Gasteiger partial charge >= 0.3 is 0 Å². The maximum atomic E-state index is 0. The van der Waals surface area contributed by atoms with Crippen molar-refractivity contribution < 1.29 is 0 Å². The Hall–Kier alpha value is 1.56. The lowest BCUT2D eigenvalue weighted by Gasteiger charge is -0.198. The average Bonchev–Trinajstić information content (AvgIpc) is 0. The molecule has 0 aliphatic carbocycles. The van der Waals surface area contributed by atoms with Crippen LogP contribution in [0.1, 0.15) is 0 Å². The zero-order valence-corrected chi connectivity index (χ0v) is 7.24. The van der Waals surface area contributed by atoms with Crippen LogP contribution in [0.5, 0.6) is 0 Å².